The van der Waals surface area contributed by atoms with E-state index < -0.39 is 0 Å². The molecule has 0 fully saturated rings. The number of nitrogens with one attached hydrogen (secondary N) is 1. The lowest BCUT2D eigenvalue weighted by Crippen LogP contribution is -2.31. The first-order valence-corrected chi connectivity index (χ1v) is 5.70. The van der Waals surface area contributed by atoms with Crippen LogP contribution in [0.4, 0.5) is 11.4 Å². The third-order valence-electron chi connectivity index (χ3n) is 2.90. The molecular formula is C13H20N4. The number of rotatable bonds is 5. The SMILES string of the molecule is CC(CNc1ccc(N)c(CC#N)c1)N(C)C. The van der Waals surface area contributed by atoms with Gasteiger partial charge in [0.2, 0.25) is 0 Å². The standard InChI is InChI=1S/C13H20N4/c1-10(17(2)3)9-16-12-4-5-13(15)11(8-12)6-7-14/h4-5,8,10,16H,6,9,15H2,1-3H3. The maximum atomic E-state index is 8.69. The average molecular weight is 232 g/mol. The van der Waals surface area contributed by atoms with Crippen LogP contribution in [-0.2, 0) is 6.42 Å². The van der Waals surface area contributed by atoms with Crippen LogP contribution in [0.15, 0.2) is 18.2 Å². The fourth-order valence-corrected chi connectivity index (χ4v) is 1.40. The second-order valence-electron chi connectivity index (χ2n) is 4.44. The Labute approximate surface area is 103 Å². The minimum absolute atomic E-state index is 0.352. The Morgan fingerprint density at radius 2 is 2.18 bits per heavy atom. The van der Waals surface area contributed by atoms with E-state index in [1.54, 1.807) is 0 Å². The van der Waals surface area contributed by atoms with Crippen LogP contribution >= 0.6 is 0 Å². The van der Waals surface area contributed by atoms with Gasteiger partial charge in [-0.25, -0.2) is 0 Å². The van der Waals surface area contributed by atoms with Gasteiger partial charge < -0.3 is 16.0 Å². The molecule has 1 atom stereocenters. The van der Waals surface area contributed by atoms with Crippen molar-refractivity contribution < 1.29 is 0 Å². The molecule has 92 valence electrons. The van der Waals surface area contributed by atoms with Crippen molar-refractivity contribution in [1.29, 1.82) is 5.26 Å². The molecule has 0 radical (unpaired) electrons. The lowest BCUT2D eigenvalue weighted by atomic mass is 10.1. The highest BCUT2D eigenvalue weighted by Crippen LogP contribution is 2.18. The van der Waals surface area contributed by atoms with E-state index in [0.717, 1.165) is 17.8 Å². The molecule has 0 aliphatic heterocycles. The van der Waals surface area contributed by atoms with Gasteiger partial charge >= 0.3 is 0 Å². The molecule has 1 aromatic rings. The van der Waals surface area contributed by atoms with Gasteiger partial charge in [-0.3, -0.25) is 0 Å². The number of anilines is 2. The Bertz CT molecular complexity index is 406. The van der Waals surface area contributed by atoms with Gasteiger partial charge in [0.25, 0.3) is 0 Å². The predicted octanol–water partition coefficient (Wildman–Crippen LogP) is 1.70. The van der Waals surface area contributed by atoms with Crippen molar-refractivity contribution in [2.24, 2.45) is 0 Å². The molecular weight excluding hydrogens is 212 g/mol. The van der Waals surface area contributed by atoms with Gasteiger partial charge in [0.15, 0.2) is 0 Å². The van der Waals surface area contributed by atoms with Crippen LogP contribution in [0.3, 0.4) is 0 Å². The zero-order valence-corrected chi connectivity index (χ0v) is 10.7. The van der Waals surface area contributed by atoms with Crippen LogP contribution in [0.2, 0.25) is 0 Å². The van der Waals surface area contributed by atoms with Crippen molar-refractivity contribution in [3.63, 3.8) is 0 Å². The maximum absolute atomic E-state index is 8.69. The van der Waals surface area contributed by atoms with E-state index in [1.165, 1.54) is 0 Å². The average Bonchev–Trinajstić information content (AvgIpc) is 2.29. The molecule has 0 aliphatic carbocycles. The zero-order valence-electron chi connectivity index (χ0n) is 10.7. The lowest BCUT2D eigenvalue weighted by molar-refractivity contribution is 0.326. The van der Waals surface area contributed by atoms with Gasteiger partial charge in [0.05, 0.1) is 12.5 Å². The van der Waals surface area contributed by atoms with E-state index in [0.29, 0.717) is 18.2 Å². The van der Waals surface area contributed by atoms with E-state index in [-0.39, 0.29) is 0 Å². The monoisotopic (exact) mass is 232 g/mol. The number of nitrogen functional groups attached to an aromatic ring is 1. The van der Waals surface area contributed by atoms with Crippen LogP contribution < -0.4 is 11.1 Å². The van der Waals surface area contributed by atoms with Crippen molar-refractivity contribution in [2.45, 2.75) is 19.4 Å². The molecule has 1 aromatic carbocycles. The van der Waals surface area contributed by atoms with Crippen LogP contribution in [0.25, 0.3) is 0 Å². The highest BCUT2D eigenvalue weighted by atomic mass is 15.1. The van der Waals surface area contributed by atoms with Gasteiger partial charge in [-0.15, -0.1) is 0 Å². The number of nitrogens with two attached hydrogens (primary N) is 1. The summed E-state index contributed by atoms with van der Waals surface area (Å²) in [6, 6.07) is 8.30. The molecule has 4 heteroatoms. The van der Waals surface area contributed by atoms with Crippen molar-refractivity contribution >= 4 is 11.4 Å². The number of nitriles is 1. The van der Waals surface area contributed by atoms with E-state index in [9.17, 15) is 0 Å². The molecule has 0 spiro atoms. The highest BCUT2D eigenvalue weighted by molar-refractivity contribution is 5.58. The molecule has 0 saturated heterocycles. The minimum Gasteiger partial charge on any atom is -0.398 e. The second kappa shape index (κ2) is 6.12. The quantitative estimate of drug-likeness (QED) is 0.758. The Morgan fingerprint density at radius 3 is 2.76 bits per heavy atom. The van der Waals surface area contributed by atoms with E-state index in [4.69, 9.17) is 11.0 Å². The Hall–Kier alpha value is -1.73. The summed E-state index contributed by atoms with van der Waals surface area (Å²) in [5.41, 5.74) is 8.37. The molecule has 4 nitrogen and oxygen atoms in total. The van der Waals surface area contributed by atoms with Gasteiger partial charge in [-0.1, -0.05) is 0 Å². The Kier molecular flexibility index (Phi) is 4.80. The second-order valence-corrected chi connectivity index (χ2v) is 4.44. The minimum atomic E-state index is 0.352. The molecule has 3 N–H and O–H groups in total. The topological polar surface area (TPSA) is 65.1 Å². The van der Waals surface area contributed by atoms with E-state index in [2.05, 4.69) is 37.3 Å². The number of hydrogen-bond acceptors (Lipinski definition) is 4. The number of hydrogen-bond donors (Lipinski definition) is 2. The molecule has 0 aromatic heterocycles. The fraction of sp³-hybridized carbons (Fsp3) is 0.462. The molecule has 1 rings (SSSR count). The Balaban J connectivity index is 2.66. The maximum Gasteiger partial charge on any atom is 0.0670 e. The molecule has 17 heavy (non-hydrogen) atoms. The molecule has 0 bridgehead atoms. The summed E-state index contributed by atoms with van der Waals surface area (Å²) in [6.07, 6.45) is 0.352. The largest absolute Gasteiger partial charge is 0.398 e. The number of likely N-dealkylation sites (N-methyl/N-ethyl adjacent to an activating group) is 1. The molecule has 0 heterocycles. The van der Waals surface area contributed by atoms with Crippen LogP contribution in [-0.4, -0.2) is 31.6 Å². The number of benzene rings is 1. The number of nitrogens with zero attached hydrogens (tertiary/aromatic N) is 2. The molecule has 0 aliphatic rings. The first-order valence-electron chi connectivity index (χ1n) is 5.70. The fourth-order valence-electron chi connectivity index (χ4n) is 1.40. The summed E-state index contributed by atoms with van der Waals surface area (Å²) >= 11 is 0. The third kappa shape index (κ3) is 3.97. The van der Waals surface area contributed by atoms with Gasteiger partial charge in [0.1, 0.15) is 0 Å². The van der Waals surface area contributed by atoms with Crippen molar-refractivity contribution in [2.75, 3.05) is 31.7 Å². The smallest absolute Gasteiger partial charge is 0.0670 e. The van der Waals surface area contributed by atoms with E-state index in [1.807, 2.05) is 18.2 Å². The first-order chi connectivity index (χ1) is 8.04. The molecule has 1 unspecified atom stereocenters. The van der Waals surface area contributed by atoms with Crippen LogP contribution in [0.1, 0.15) is 12.5 Å². The summed E-state index contributed by atoms with van der Waals surface area (Å²) in [6.45, 7) is 3.02. The van der Waals surface area contributed by atoms with Crippen molar-refractivity contribution in [3.05, 3.63) is 23.8 Å². The third-order valence-corrected chi connectivity index (χ3v) is 2.90. The summed E-state index contributed by atoms with van der Waals surface area (Å²) in [4.78, 5) is 2.15. The zero-order chi connectivity index (χ0) is 12.8. The van der Waals surface area contributed by atoms with Crippen molar-refractivity contribution in [3.8, 4) is 6.07 Å². The lowest BCUT2D eigenvalue weighted by Gasteiger charge is -2.20. The van der Waals surface area contributed by atoms with Crippen LogP contribution in [0, 0.1) is 11.3 Å². The first kappa shape index (κ1) is 13.3. The highest BCUT2D eigenvalue weighted by Gasteiger charge is 2.05. The van der Waals surface area contributed by atoms with Gasteiger partial charge in [-0.2, -0.15) is 5.26 Å². The van der Waals surface area contributed by atoms with Gasteiger partial charge in [-0.05, 0) is 44.8 Å². The van der Waals surface area contributed by atoms with Crippen LogP contribution in [0.5, 0.6) is 0 Å². The summed E-state index contributed by atoms with van der Waals surface area (Å²) < 4.78 is 0. The predicted molar refractivity (Wildman–Crippen MR) is 71.8 cm³/mol. The summed E-state index contributed by atoms with van der Waals surface area (Å²) in [5.74, 6) is 0. The summed E-state index contributed by atoms with van der Waals surface area (Å²) in [5, 5.41) is 12.0. The molecule has 0 amide bonds. The van der Waals surface area contributed by atoms with Crippen molar-refractivity contribution in [1.82, 2.24) is 4.90 Å². The molecule has 0 saturated carbocycles. The summed E-state index contributed by atoms with van der Waals surface area (Å²) in [7, 11) is 4.10. The Morgan fingerprint density at radius 1 is 1.47 bits per heavy atom. The van der Waals surface area contributed by atoms with E-state index >= 15 is 0 Å². The normalized spacial score (nSPS) is 12.2. The van der Waals surface area contributed by atoms with Gasteiger partial charge in [0, 0.05) is 24.0 Å².